The summed E-state index contributed by atoms with van der Waals surface area (Å²) in [6.07, 6.45) is 2.98. The Bertz CT molecular complexity index is 1080. The van der Waals surface area contributed by atoms with E-state index in [2.05, 4.69) is 10.6 Å². The molecule has 3 rings (SSSR count). The quantitative estimate of drug-likeness (QED) is 0.494. The minimum absolute atomic E-state index is 0.0430. The third-order valence-electron chi connectivity index (χ3n) is 4.14. The van der Waals surface area contributed by atoms with E-state index in [1.165, 1.54) is 12.3 Å². The minimum atomic E-state index is -0.502. The van der Waals surface area contributed by atoms with Gasteiger partial charge in [-0.25, -0.2) is 0 Å². The van der Waals surface area contributed by atoms with Gasteiger partial charge in [0.25, 0.3) is 11.8 Å². The zero-order valence-corrected chi connectivity index (χ0v) is 15.8. The van der Waals surface area contributed by atoms with Gasteiger partial charge in [0.2, 0.25) is 0 Å². The number of hydrogen-bond acceptors (Lipinski definition) is 4. The van der Waals surface area contributed by atoms with Crippen molar-refractivity contribution in [3.63, 3.8) is 0 Å². The van der Waals surface area contributed by atoms with Crippen LogP contribution >= 0.6 is 0 Å². The molecule has 0 aliphatic heterocycles. The standard InChI is InChI=1S/C23H19N3O3/c1-16-7-9-18(10-8-16)23(28)26-20-5-2-4-17(13-20)12-19(14-24)22(27)25-15-21-6-3-11-29-21/h2-13H,15H2,1H3,(H,25,27)(H,26,28)/b19-12+. The van der Waals surface area contributed by atoms with Crippen LogP contribution in [0.1, 0.15) is 27.2 Å². The van der Waals surface area contributed by atoms with Gasteiger partial charge in [0, 0.05) is 11.3 Å². The number of carbonyl (C=O) groups is 2. The lowest BCUT2D eigenvalue weighted by atomic mass is 10.1. The first-order chi connectivity index (χ1) is 14.0. The Morgan fingerprint density at radius 1 is 1.10 bits per heavy atom. The van der Waals surface area contributed by atoms with Gasteiger partial charge in [0.05, 0.1) is 12.8 Å². The summed E-state index contributed by atoms with van der Waals surface area (Å²) >= 11 is 0. The molecule has 2 aromatic carbocycles. The molecule has 0 fully saturated rings. The first kappa shape index (κ1) is 19.6. The van der Waals surface area contributed by atoms with Gasteiger partial charge in [-0.1, -0.05) is 29.8 Å². The van der Waals surface area contributed by atoms with E-state index in [9.17, 15) is 14.9 Å². The van der Waals surface area contributed by atoms with Crippen molar-refractivity contribution in [3.05, 3.63) is 95.0 Å². The number of anilines is 1. The molecule has 1 aromatic heterocycles. The van der Waals surface area contributed by atoms with Crippen molar-refractivity contribution in [1.82, 2.24) is 5.32 Å². The molecule has 144 valence electrons. The highest BCUT2D eigenvalue weighted by molar-refractivity contribution is 6.05. The zero-order chi connectivity index (χ0) is 20.6. The number of furan rings is 1. The molecule has 29 heavy (non-hydrogen) atoms. The Morgan fingerprint density at radius 2 is 1.90 bits per heavy atom. The fourth-order valence-corrected chi connectivity index (χ4v) is 2.61. The Labute approximate surface area is 168 Å². The van der Waals surface area contributed by atoms with Gasteiger partial charge in [-0.3, -0.25) is 9.59 Å². The van der Waals surface area contributed by atoms with Gasteiger partial charge in [0.1, 0.15) is 17.4 Å². The molecule has 6 heteroatoms. The third kappa shape index (κ3) is 5.44. The van der Waals surface area contributed by atoms with E-state index in [1.807, 2.05) is 25.1 Å². The highest BCUT2D eigenvalue weighted by atomic mass is 16.3. The highest BCUT2D eigenvalue weighted by Gasteiger charge is 2.10. The average Bonchev–Trinajstić information content (AvgIpc) is 3.24. The number of rotatable bonds is 6. The molecule has 0 atom stereocenters. The van der Waals surface area contributed by atoms with Crippen LogP contribution in [0.25, 0.3) is 6.08 Å². The maximum absolute atomic E-state index is 12.4. The molecule has 3 aromatic rings. The number of amides is 2. The smallest absolute Gasteiger partial charge is 0.262 e. The summed E-state index contributed by atoms with van der Waals surface area (Å²) in [6.45, 7) is 2.15. The van der Waals surface area contributed by atoms with Crippen molar-refractivity contribution in [2.24, 2.45) is 0 Å². The van der Waals surface area contributed by atoms with Crippen molar-refractivity contribution < 1.29 is 14.0 Å². The summed E-state index contributed by atoms with van der Waals surface area (Å²) in [6, 6.07) is 19.5. The molecule has 0 aliphatic carbocycles. The second kappa shape index (κ2) is 9.20. The molecule has 0 saturated carbocycles. The molecule has 0 spiro atoms. The Kier molecular flexibility index (Phi) is 6.23. The average molecular weight is 385 g/mol. The zero-order valence-electron chi connectivity index (χ0n) is 15.8. The maximum atomic E-state index is 12.4. The monoisotopic (exact) mass is 385 g/mol. The van der Waals surface area contributed by atoms with E-state index >= 15 is 0 Å². The van der Waals surface area contributed by atoms with Gasteiger partial charge in [-0.05, 0) is 55.0 Å². The molecule has 0 unspecified atom stereocenters. The molecule has 2 amide bonds. The first-order valence-electron chi connectivity index (χ1n) is 8.95. The maximum Gasteiger partial charge on any atom is 0.262 e. The molecule has 2 N–H and O–H groups in total. The van der Waals surface area contributed by atoms with E-state index in [0.29, 0.717) is 22.6 Å². The topological polar surface area (TPSA) is 95.1 Å². The van der Waals surface area contributed by atoms with Crippen LogP contribution in [0, 0.1) is 18.3 Å². The lowest BCUT2D eigenvalue weighted by molar-refractivity contribution is -0.117. The van der Waals surface area contributed by atoms with Crippen molar-refractivity contribution in [1.29, 1.82) is 5.26 Å². The van der Waals surface area contributed by atoms with Crippen LogP contribution in [0.5, 0.6) is 0 Å². The van der Waals surface area contributed by atoms with E-state index < -0.39 is 5.91 Å². The van der Waals surface area contributed by atoms with Crippen molar-refractivity contribution in [2.45, 2.75) is 13.5 Å². The summed E-state index contributed by atoms with van der Waals surface area (Å²) in [4.78, 5) is 24.6. The Balaban J connectivity index is 1.69. The summed E-state index contributed by atoms with van der Waals surface area (Å²) in [5.41, 5.74) is 2.77. The number of nitriles is 1. The van der Waals surface area contributed by atoms with Crippen LogP contribution < -0.4 is 10.6 Å². The van der Waals surface area contributed by atoms with Crippen LogP contribution in [0.4, 0.5) is 5.69 Å². The van der Waals surface area contributed by atoms with Gasteiger partial charge < -0.3 is 15.1 Å². The molecular weight excluding hydrogens is 366 g/mol. The summed E-state index contributed by atoms with van der Waals surface area (Å²) < 4.78 is 5.15. The molecule has 0 aliphatic rings. The first-order valence-corrected chi connectivity index (χ1v) is 8.95. The number of nitrogens with zero attached hydrogens (tertiary/aromatic N) is 1. The van der Waals surface area contributed by atoms with Gasteiger partial charge >= 0.3 is 0 Å². The lowest BCUT2D eigenvalue weighted by Gasteiger charge is -2.07. The van der Waals surface area contributed by atoms with Crippen LogP contribution in [0.3, 0.4) is 0 Å². The van der Waals surface area contributed by atoms with E-state index in [1.54, 1.807) is 48.5 Å². The Hall–Kier alpha value is -4.11. The van der Waals surface area contributed by atoms with Crippen LogP contribution in [-0.2, 0) is 11.3 Å². The van der Waals surface area contributed by atoms with Gasteiger partial charge in [-0.15, -0.1) is 0 Å². The molecular formula is C23H19N3O3. The second-order valence-electron chi connectivity index (χ2n) is 6.38. The molecule has 1 heterocycles. The van der Waals surface area contributed by atoms with E-state index in [0.717, 1.165) is 5.56 Å². The highest BCUT2D eigenvalue weighted by Crippen LogP contribution is 2.15. The summed E-state index contributed by atoms with van der Waals surface area (Å²) in [5, 5.41) is 14.8. The van der Waals surface area contributed by atoms with E-state index in [-0.39, 0.29) is 18.0 Å². The minimum Gasteiger partial charge on any atom is -0.467 e. The summed E-state index contributed by atoms with van der Waals surface area (Å²) in [5.74, 6) is -0.141. The molecule has 0 saturated heterocycles. The lowest BCUT2D eigenvalue weighted by Crippen LogP contribution is -2.23. The number of benzene rings is 2. The number of aryl methyl sites for hydroxylation is 1. The SMILES string of the molecule is Cc1ccc(C(=O)Nc2cccc(/C=C(\C#N)C(=O)NCc3ccco3)c2)cc1. The van der Waals surface area contributed by atoms with Crippen LogP contribution in [0.15, 0.2) is 76.9 Å². The molecule has 6 nitrogen and oxygen atoms in total. The summed E-state index contributed by atoms with van der Waals surface area (Å²) in [7, 11) is 0. The van der Waals surface area contributed by atoms with Crippen LogP contribution in [0.2, 0.25) is 0 Å². The second-order valence-corrected chi connectivity index (χ2v) is 6.38. The fourth-order valence-electron chi connectivity index (χ4n) is 2.61. The predicted octanol–water partition coefficient (Wildman–Crippen LogP) is 4.06. The van der Waals surface area contributed by atoms with Crippen molar-refractivity contribution in [3.8, 4) is 6.07 Å². The van der Waals surface area contributed by atoms with Gasteiger partial charge in [0.15, 0.2) is 0 Å². The number of hydrogen-bond donors (Lipinski definition) is 2. The van der Waals surface area contributed by atoms with E-state index in [4.69, 9.17) is 4.42 Å². The number of nitrogens with one attached hydrogen (secondary N) is 2. The molecule has 0 bridgehead atoms. The van der Waals surface area contributed by atoms with Crippen LogP contribution in [-0.4, -0.2) is 11.8 Å². The fraction of sp³-hybridized carbons (Fsp3) is 0.0870. The predicted molar refractivity (Wildman–Crippen MR) is 110 cm³/mol. The molecule has 0 radical (unpaired) electrons. The largest absolute Gasteiger partial charge is 0.467 e. The third-order valence-corrected chi connectivity index (χ3v) is 4.14. The van der Waals surface area contributed by atoms with Crippen molar-refractivity contribution in [2.75, 3.05) is 5.32 Å². The normalized spacial score (nSPS) is 10.8. The van der Waals surface area contributed by atoms with Crippen molar-refractivity contribution >= 4 is 23.6 Å². The number of carbonyl (C=O) groups excluding carboxylic acids is 2. The van der Waals surface area contributed by atoms with Gasteiger partial charge in [-0.2, -0.15) is 5.26 Å². The Morgan fingerprint density at radius 3 is 2.59 bits per heavy atom.